The van der Waals surface area contributed by atoms with Gasteiger partial charge in [0.2, 0.25) is 11.7 Å². The first-order valence-corrected chi connectivity index (χ1v) is 6.92. The van der Waals surface area contributed by atoms with E-state index in [1.165, 1.54) is 0 Å². The lowest BCUT2D eigenvalue weighted by Gasteiger charge is -2.14. The van der Waals surface area contributed by atoms with Crippen LogP contribution in [0.2, 0.25) is 0 Å². The van der Waals surface area contributed by atoms with Crippen LogP contribution in [-0.2, 0) is 11.3 Å². The Morgan fingerprint density at radius 2 is 1.71 bits per heavy atom. The summed E-state index contributed by atoms with van der Waals surface area (Å²) >= 11 is 0. The number of carbonyl (C=O) groups is 1. The number of ether oxygens (including phenoxy) is 3. The lowest BCUT2D eigenvalue weighted by molar-refractivity contribution is -0.120. The van der Waals surface area contributed by atoms with Crippen molar-refractivity contribution >= 4 is 5.91 Å². The van der Waals surface area contributed by atoms with E-state index in [1.807, 2.05) is 12.1 Å². The van der Waals surface area contributed by atoms with Crippen LogP contribution in [0.5, 0.6) is 17.2 Å². The first-order chi connectivity index (χ1) is 10.2. The maximum atomic E-state index is 11.7. The lowest BCUT2D eigenvalue weighted by atomic mass is 10.1. The molecule has 0 radical (unpaired) electrons. The third-order valence-corrected chi connectivity index (χ3v) is 2.93. The van der Waals surface area contributed by atoms with E-state index in [0.717, 1.165) is 18.5 Å². The Bertz CT molecular complexity index is 438. The van der Waals surface area contributed by atoms with Gasteiger partial charge in [-0.1, -0.05) is 6.92 Å². The van der Waals surface area contributed by atoms with Crippen LogP contribution >= 0.6 is 0 Å². The van der Waals surface area contributed by atoms with Crippen LogP contribution in [0, 0.1) is 0 Å². The van der Waals surface area contributed by atoms with Crippen molar-refractivity contribution in [3.05, 3.63) is 17.7 Å². The Labute approximate surface area is 125 Å². The average Bonchev–Trinajstić information content (AvgIpc) is 2.51. The molecule has 0 spiro atoms. The van der Waals surface area contributed by atoms with Crippen LogP contribution in [0.3, 0.4) is 0 Å². The molecular formula is C15H24N2O4. The largest absolute Gasteiger partial charge is 0.493 e. The van der Waals surface area contributed by atoms with Crippen LogP contribution in [0.1, 0.15) is 18.9 Å². The summed E-state index contributed by atoms with van der Waals surface area (Å²) < 4.78 is 15.8. The van der Waals surface area contributed by atoms with Crippen LogP contribution in [0.15, 0.2) is 12.1 Å². The van der Waals surface area contributed by atoms with Gasteiger partial charge in [-0.05, 0) is 30.7 Å². The van der Waals surface area contributed by atoms with Crippen molar-refractivity contribution in [2.24, 2.45) is 0 Å². The van der Waals surface area contributed by atoms with Gasteiger partial charge in [0.25, 0.3) is 0 Å². The quantitative estimate of drug-likeness (QED) is 0.673. The van der Waals surface area contributed by atoms with Crippen LogP contribution in [0.4, 0.5) is 0 Å². The van der Waals surface area contributed by atoms with Gasteiger partial charge in [0.15, 0.2) is 11.5 Å². The summed E-state index contributed by atoms with van der Waals surface area (Å²) in [5.41, 5.74) is 0.883. The molecule has 0 unspecified atom stereocenters. The highest BCUT2D eigenvalue weighted by Crippen LogP contribution is 2.38. The number of methoxy groups -OCH3 is 3. The number of carbonyl (C=O) groups excluding carboxylic acids is 1. The number of nitrogens with one attached hydrogen (secondary N) is 2. The second kappa shape index (κ2) is 9.07. The minimum atomic E-state index is -0.0443. The summed E-state index contributed by atoms with van der Waals surface area (Å²) in [4.78, 5) is 11.7. The van der Waals surface area contributed by atoms with Crippen molar-refractivity contribution in [2.45, 2.75) is 19.9 Å². The number of hydrogen-bond acceptors (Lipinski definition) is 5. The first-order valence-electron chi connectivity index (χ1n) is 6.92. The van der Waals surface area contributed by atoms with Gasteiger partial charge in [0, 0.05) is 6.54 Å². The minimum absolute atomic E-state index is 0.0443. The molecule has 0 heterocycles. The number of rotatable bonds is 9. The minimum Gasteiger partial charge on any atom is -0.493 e. The lowest BCUT2D eigenvalue weighted by Crippen LogP contribution is -2.33. The number of amides is 1. The van der Waals surface area contributed by atoms with Gasteiger partial charge in [-0.15, -0.1) is 0 Å². The van der Waals surface area contributed by atoms with Crippen molar-refractivity contribution < 1.29 is 19.0 Å². The zero-order chi connectivity index (χ0) is 15.7. The first kappa shape index (κ1) is 17.1. The highest BCUT2D eigenvalue weighted by atomic mass is 16.5. The molecule has 0 aliphatic heterocycles. The summed E-state index contributed by atoms with van der Waals surface area (Å²) in [7, 11) is 4.68. The van der Waals surface area contributed by atoms with Gasteiger partial charge in [0.1, 0.15) is 0 Å². The van der Waals surface area contributed by atoms with E-state index in [-0.39, 0.29) is 5.91 Å². The van der Waals surface area contributed by atoms with Crippen molar-refractivity contribution in [1.82, 2.24) is 10.6 Å². The zero-order valence-corrected chi connectivity index (χ0v) is 13.1. The summed E-state index contributed by atoms with van der Waals surface area (Å²) in [6, 6.07) is 3.64. The monoisotopic (exact) mass is 296 g/mol. The summed E-state index contributed by atoms with van der Waals surface area (Å²) in [6.45, 7) is 3.61. The van der Waals surface area contributed by atoms with Gasteiger partial charge in [0.05, 0.1) is 27.9 Å². The fourth-order valence-electron chi connectivity index (χ4n) is 1.88. The molecule has 0 aromatic heterocycles. The Morgan fingerprint density at radius 1 is 1.10 bits per heavy atom. The number of hydrogen-bond donors (Lipinski definition) is 2. The molecule has 1 amide bonds. The molecule has 0 saturated carbocycles. The molecule has 0 atom stereocenters. The molecule has 2 N–H and O–H groups in total. The maximum absolute atomic E-state index is 11.7. The second-order valence-corrected chi connectivity index (χ2v) is 4.49. The Balaban J connectivity index is 2.69. The zero-order valence-electron chi connectivity index (χ0n) is 13.1. The molecular weight excluding hydrogens is 272 g/mol. The Hall–Kier alpha value is -1.95. The molecule has 1 aromatic carbocycles. The molecule has 21 heavy (non-hydrogen) atoms. The van der Waals surface area contributed by atoms with E-state index in [9.17, 15) is 4.79 Å². The molecule has 0 fully saturated rings. The molecule has 0 bridgehead atoms. The molecule has 6 nitrogen and oxygen atoms in total. The van der Waals surface area contributed by atoms with Gasteiger partial charge in [-0.2, -0.15) is 0 Å². The van der Waals surface area contributed by atoms with Gasteiger partial charge < -0.3 is 24.8 Å². The standard InChI is InChI=1S/C15H24N2O4/c1-5-6-16-10-14(18)17-9-11-7-12(19-2)15(21-4)13(8-11)20-3/h7-8,16H,5-6,9-10H2,1-4H3,(H,17,18). The smallest absolute Gasteiger partial charge is 0.234 e. The van der Waals surface area contributed by atoms with Crippen molar-refractivity contribution in [1.29, 1.82) is 0 Å². The third kappa shape index (κ3) is 5.15. The van der Waals surface area contributed by atoms with Crippen molar-refractivity contribution in [3.8, 4) is 17.2 Å². The van der Waals surface area contributed by atoms with Gasteiger partial charge >= 0.3 is 0 Å². The number of benzene rings is 1. The van der Waals surface area contributed by atoms with E-state index in [1.54, 1.807) is 21.3 Å². The predicted octanol–water partition coefficient (Wildman–Crippen LogP) is 1.33. The van der Waals surface area contributed by atoms with E-state index in [4.69, 9.17) is 14.2 Å². The van der Waals surface area contributed by atoms with E-state index >= 15 is 0 Å². The van der Waals surface area contributed by atoms with Crippen LogP contribution in [-0.4, -0.2) is 40.3 Å². The summed E-state index contributed by atoms with van der Waals surface area (Å²) in [5.74, 6) is 1.65. The topological polar surface area (TPSA) is 68.8 Å². The SMILES string of the molecule is CCCNCC(=O)NCc1cc(OC)c(OC)c(OC)c1. The van der Waals surface area contributed by atoms with Crippen LogP contribution in [0.25, 0.3) is 0 Å². The third-order valence-electron chi connectivity index (χ3n) is 2.93. The molecule has 0 saturated heterocycles. The van der Waals surface area contributed by atoms with E-state index < -0.39 is 0 Å². The van der Waals surface area contributed by atoms with Gasteiger partial charge in [-0.25, -0.2) is 0 Å². The highest BCUT2D eigenvalue weighted by Gasteiger charge is 2.13. The Kier molecular flexibility index (Phi) is 7.39. The summed E-state index contributed by atoms with van der Waals surface area (Å²) in [5, 5.41) is 5.90. The second-order valence-electron chi connectivity index (χ2n) is 4.49. The summed E-state index contributed by atoms with van der Waals surface area (Å²) in [6.07, 6.45) is 1.00. The molecule has 1 rings (SSSR count). The normalized spacial score (nSPS) is 10.1. The molecule has 1 aromatic rings. The predicted molar refractivity (Wildman–Crippen MR) is 81.1 cm³/mol. The van der Waals surface area contributed by atoms with E-state index in [2.05, 4.69) is 17.6 Å². The molecule has 6 heteroatoms. The molecule has 0 aliphatic carbocycles. The fourth-order valence-corrected chi connectivity index (χ4v) is 1.88. The van der Waals surface area contributed by atoms with Crippen LogP contribution < -0.4 is 24.8 Å². The fraction of sp³-hybridized carbons (Fsp3) is 0.533. The van der Waals surface area contributed by atoms with Crippen molar-refractivity contribution in [2.75, 3.05) is 34.4 Å². The average molecular weight is 296 g/mol. The molecule has 118 valence electrons. The highest BCUT2D eigenvalue weighted by molar-refractivity contribution is 5.78. The molecule has 0 aliphatic rings. The van der Waals surface area contributed by atoms with Gasteiger partial charge in [-0.3, -0.25) is 4.79 Å². The van der Waals surface area contributed by atoms with Crippen molar-refractivity contribution in [3.63, 3.8) is 0 Å². The Morgan fingerprint density at radius 3 is 2.19 bits per heavy atom. The maximum Gasteiger partial charge on any atom is 0.234 e. The van der Waals surface area contributed by atoms with E-state index in [0.29, 0.717) is 30.3 Å².